The molecule has 2 aliphatic rings. The number of nitrogens with zero attached hydrogens (tertiary/aromatic N) is 2. The lowest BCUT2D eigenvalue weighted by molar-refractivity contribution is 0.370. The molecule has 0 spiro atoms. The maximum absolute atomic E-state index is 13.3. The molecule has 2 heterocycles. The molecule has 1 aromatic heterocycles. The predicted molar refractivity (Wildman–Crippen MR) is 108 cm³/mol. The zero-order valence-electron chi connectivity index (χ0n) is 15.3. The fraction of sp³-hybridized carbons (Fsp3) is 0.500. The average molecular weight is 374 g/mol. The second-order valence-electron chi connectivity index (χ2n) is 7.66. The van der Waals surface area contributed by atoms with Gasteiger partial charge in [0.05, 0.1) is 10.8 Å². The summed E-state index contributed by atoms with van der Waals surface area (Å²) < 4.78 is 28.2. The van der Waals surface area contributed by atoms with Crippen LogP contribution in [0.25, 0.3) is 16.5 Å². The number of aromatic nitrogens is 1. The molecule has 0 atom stereocenters. The Bertz CT molecular complexity index is 953. The van der Waals surface area contributed by atoms with Crippen LogP contribution in [0.5, 0.6) is 0 Å². The molecule has 1 saturated carbocycles. The highest BCUT2D eigenvalue weighted by Crippen LogP contribution is 2.35. The topological polar surface area (TPSA) is 68.3 Å². The van der Waals surface area contributed by atoms with E-state index < -0.39 is 10.0 Å². The van der Waals surface area contributed by atoms with Crippen LogP contribution in [-0.2, 0) is 10.0 Å². The molecule has 1 aliphatic carbocycles. The summed E-state index contributed by atoms with van der Waals surface area (Å²) in [5.41, 5.74) is 9.67. The van der Waals surface area contributed by atoms with Gasteiger partial charge in [-0.15, -0.1) is 0 Å². The summed E-state index contributed by atoms with van der Waals surface area (Å²) in [6.45, 7) is 1.87. The van der Waals surface area contributed by atoms with Crippen LogP contribution in [0, 0.1) is 0 Å². The van der Waals surface area contributed by atoms with Gasteiger partial charge in [-0.25, -0.2) is 12.4 Å². The molecule has 6 heteroatoms. The van der Waals surface area contributed by atoms with E-state index in [1.807, 2.05) is 18.3 Å². The number of rotatable bonds is 3. The van der Waals surface area contributed by atoms with E-state index in [1.165, 1.54) is 9.55 Å². The van der Waals surface area contributed by atoms with Crippen molar-refractivity contribution < 1.29 is 8.42 Å². The van der Waals surface area contributed by atoms with Gasteiger partial charge in [-0.3, -0.25) is 0 Å². The quantitative estimate of drug-likeness (QED) is 0.837. The number of fused-ring (bicyclic) bond motifs is 1. The van der Waals surface area contributed by atoms with Gasteiger partial charge in [-0.05, 0) is 50.1 Å². The summed E-state index contributed by atoms with van der Waals surface area (Å²) in [4.78, 5) is 2.26. The van der Waals surface area contributed by atoms with Gasteiger partial charge in [-0.2, -0.15) is 0 Å². The summed E-state index contributed by atoms with van der Waals surface area (Å²) >= 11 is 0. The normalized spacial score (nSPS) is 20.4. The minimum atomic E-state index is -3.39. The highest BCUT2D eigenvalue weighted by atomic mass is 32.2. The van der Waals surface area contributed by atoms with Crippen molar-refractivity contribution in [1.82, 2.24) is 8.87 Å². The first-order valence-corrected chi connectivity index (χ1v) is 11.0. The van der Waals surface area contributed by atoms with E-state index in [9.17, 15) is 8.42 Å². The molecular formula is C20H27N3O2S. The Morgan fingerprint density at radius 1 is 1.15 bits per heavy atom. The number of nitrogens with two attached hydrogens (primary N) is 1. The Balaban J connectivity index is 1.86. The molecule has 0 bridgehead atoms. The maximum atomic E-state index is 13.3. The van der Waals surface area contributed by atoms with Crippen LogP contribution in [0.15, 0.2) is 30.5 Å². The lowest BCUT2D eigenvalue weighted by Crippen LogP contribution is -2.29. The molecule has 0 saturated heterocycles. The van der Waals surface area contributed by atoms with Crippen molar-refractivity contribution in [1.29, 1.82) is 0 Å². The van der Waals surface area contributed by atoms with Crippen molar-refractivity contribution in [2.24, 2.45) is 0 Å². The van der Waals surface area contributed by atoms with E-state index in [1.54, 1.807) is 6.07 Å². The van der Waals surface area contributed by atoms with Gasteiger partial charge in [0.2, 0.25) is 10.0 Å². The van der Waals surface area contributed by atoms with Crippen molar-refractivity contribution in [2.75, 3.05) is 25.9 Å². The summed E-state index contributed by atoms with van der Waals surface area (Å²) in [6, 6.07) is 5.56. The molecule has 0 unspecified atom stereocenters. The third-order valence-corrected chi connectivity index (χ3v) is 7.96. The molecule has 5 nitrogen and oxygen atoms in total. The molecular weight excluding hydrogens is 346 g/mol. The largest absolute Gasteiger partial charge is 0.399 e. The van der Waals surface area contributed by atoms with Crippen molar-refractivity contribution >= 4 is 32.2 Å². The standard InChI is InChI=1S/C20H27N3O2S/c1-22-11-9-15(10-12-22)19-14-23(20-8-7-16(21)13-18(19)20)26(24,25)17-5-3-2-4-6-17/h7-9,13-14,17H,2-6,10-12,21H2,1H3. The van der Waals surface area contributed by atoms with Gasteiger partial charge in [0.15, 0.2) is 0 Å². The van der Waals surface area contributed by atoms with Gasteiger partial charge in [0.1, 0.15) is 0 Å². The van der Waals surface area contributed by atoms with E-state index in [0.717, 1.165) is 68.1 Å². The summed E-state index contributed by atoms with van der Waals surface area (Å²) in [6.07, 6.45) is 9.64. The second-order valence-corrected chi connectivity index (χ2v) is 9.75. The number of anilines is 1. The van der Waals surface area contributed by atoms with Gasteiger partial charge in [0.25, 0.3) is 0 Å². The molecule has 1 aromatic carbocycles. The van der Waals surface area contributed by atoms with Gasteiger partial charge in [-0.1, -0.05) is 25.3 Å². The number of hydrogen-bond donors (Lipinski definition) is 1. The Labute approximate surface area is 155 Å². The molecule has 2 N–H and O–H groups in total. The fourth-order valence-corrected chi connectivity index (χ4v) is 6.16. The highest BCUT2D eigenvalue weighted by Gasteiger charge is 2.31. The number of benzene rings is 1. The van der Waals surface area contributed by atoms with Gasteiger partial charge < -0.3 is 10.6 Å². The molecule has 140 valence electrons. The molecule has 1 aliphatic heterocycles. The van der Waals surface area contributed by atoms with Gasteiger partial charge >= 0.3 is 0 Å². The van der Waals surface area contributed by atoms with Crippen LogP contribution < -0.4 is 5.73 Å². The molecule has 0 amide bonds. The third-order valence-electron chi connectivity index (χ3n) is 5.80. The first-order chi connectivity index (χ1) is 12.5. The Morgan fingerprint density at radius 2 is 1.92 bits per heavy atom. The fourth-order valence-electron chi connectivity index (χ4n) is 4.22. The molecule has 4 rings (SSSR count). The van der Waals surface area contributed by atoms with Crippen molar-refractivity contribution in [3.05, 3.63) is 36.0 Å². The van der Waals surface area contributed by atoms with E-state index in [-0.39, 0.29) is 5.25 Å². The van der Waals surface area contributed by atoms with E-state index in [4.69, 9.17) is 5.73 Å². The molecule has 1 fully saturated rings. The summed E-state index contributed by atoms with van der Waals surface area (Å²) in [5, 5.41) is 0.670. The van der Waals surface area contributed by atoms with E-state index in [2.05, 4.69) is 18.0 Å². The predicted octanol–water partition coefficient (Wildman–Crippen LogP) is 3.45. The van der Waals surface area contributed by atoms with Crippen LogP contribution in [0.1, 0.15) is 44.1 Å². The lowest BCUT2D eigenvalue weighted by Gasteiger charge is -2.23. The van der Waals surface area contributed by atoms with Crippen LogP contribution in [0.4, 0.5) is 5.69 Å². The Kier molecular flexibility index (Phi) is 4.57. The number of hydrogen-bond acceptors (Lipinski definition) is 4. The SMILES string of the molecule is CN1CC=C(c2cn(S(=O)(=O)C3CCCCC3)c3ccc(N)cc23)CC1. The van der Waals surface area contributed by atoms with Gasteiger partial charge in [0, 0.05) is 35.9 Å². The molecule has 0 radical (unpaired) electrons. The average Bonchev–Trinajstić information content (AvgIpc) is 3.02. The zero-order chi connectivity index (χ0) is 18.3. The number of nitrogen functional groups attached to an aromatic ring is 1. The Morgan fingerprint density at radius 3 is 2.62 bits per heavy atom. The first-order valence-electron chi connectivity index (χ1n) is 9.50. The lowest BCUT2D eigenvalue weighted by atomic mass is 9.99. The van der Waals surface area contributed by atoms with Crippen LogP contribution in [-0.4, -0.2) is 42.7 Å². The zero-order valence-corrected chi connectivity index (χ0v) is 16.1. The first kappa shape index (κ1) is 17.6. The smallest absolute Gasteiger partial charge is 0.241 e. The monoisotopic (exact) mass is 373 g/mol. The Hall–Kier alpha value is -1.79. The van der Waals surface area contributed by atoms with E-state index >= 15 is 0 Å². The van der Waals surface area contributed by atoms with Crippen LogP contribution in [0.3, 0.4) is 0 Å². The molecule has 2 aromatic rings. The minimum absolute atomic E-state index is 0.274. The van der Waals surface area contributed by atoms with Crippen molar-refractivity contribution in [2.45, 2.75) is 43.8 Å². The van der Waals surface area contributed by atoms with Crippen LogP contribution >= 0.6 is 0 Å². The third kappa shape index (κ3) is 3.05. The van der Waals surface area contributed by atoms with Crippen molar-refractivity contribution in [3.63, 3.8) is 0 Å². The maximum Gasteiger partial charge on any atom is 0.241 e. The minimum Gasteiger partial charge on any atom is -0.399 e. The number of likely N-dealkylation sites (N-methyl/N-ethyl adjacent to an activating group) is 1. The summed E-state index contributed by atoms with van der Waals surface area (Å²) in [5.74, 6) is 0. The molecule has 26 heavy (non-hydrogen) atoms. The second kappa shape index (κ2) is 6.74. The van der Waals surface area contributed by atoms with Crippen LogP contribution in [0.2, 0.25) is 0 Å². The van der Waals surface area contributed by atoms with E-state index in [0.29, 0.717) is 5.69 Å². The summed E-state index contributed by atoms with van der Waals surface area (Å²) in [7, 11) is -1.29. The van der Waals surface area contributed by atoms with Crippen molar-refractivity contribution in [3.8, 4) is 0 Å². The highest BCUT2D eigenvalue weighted by molar-refractivity contribution is 7.90.